The maximum absolute atomic E-state index is 12.3. The van der Waals surface area contributed by atoms with Crippen LogP contribution in [0.5, 0.6) is 0 Å². The van der Waals surface area contributed by atoms with Crippen molar-refractivity contribution >= 4 is 11.9 Å². The van der Waals surface area contributed by atoms with Gasteiger partial charge in [0.15, 0.2) is 6.61 Å². The first-order chi connectivity index (χ1) is 11.6. The Hall–Kier alpha value is -1.10. The highest BCUT2D eigenvalue weighted by Gasteiger charge is 2.41. The van der Waals surface area contributed by atoms with Crippen LogP contribution in [0.25, 0.3) is 0 Å². The molecule has 0 spiro atoms. The summed E-state index contributed by atoms with van der Waals surface area (Å²) in [5, 5.41) is 0. The van der Waals surface area contributed by atoms with Crippen LogP contribution in [0.3, 0.4) is 0 Å². The first-order valence-corrected chi connectivity index (χ1v) is 9.58. The van der Waals surface area contributed by atoms with Crippen LogP contribution in [0.1, 0.15) is 58.8 Å². The van der Waals surface area contributed by atoms with Crippen LogP contribution < -0.4 is 0 Å². The van der Waals surface area contributed by atoms with E-state index in [2.05, 4.69) is 13.8 Å². The van der Waals surface area contributed by atoms with Crippen molar-refractivity contribution in [2.45, 2.75) is 71.0 Å². The zero-order valence-electron chi connectivity index (χ0n) is 14.9. The lowest BCUT2D eigenvalue weighted by Crippen LogP contribution is -2.27. The molecule has 2 heterocycles. The van der Waals surface area contributed by atoms with Crippen LogP contribution in [-0.2, 0) is 23.8 Å². The maximum Gasteiger partial charge on any atom is 0.344 e. The van der Waals surface area contributed by atoms with Crippen molar-refractivity contribution in [3.63, 3.8) is 0 Å². The predicted octanol–water partition coefficient (Wildman–Crippen LogP) is 3.10. The van der Waals surface area contributed by atoms with Gasteiger partial charge in [-0.1, -0.05) is 26.7 Å². The molecule has 5 nitrogen and oxygen atoms in total. The third kappa shape index (κ3) is 3.93. The van der Waals surface area contributed by atoms with Gasteiger partial charge in [0, 0.05) is 5.92 Å². The molecule has 0 aromatic heterocycles. The second-order valence-electron chi connectivity index (χ2n) is 7.68. The second-order valence-corrected chi connectivity index (χ2v) is 7.68. The zero-order valence-corrected chi connectivity index (χ0v) is 14.9. The average Bonchev–Trinajstić information content (AvgIpc) is 3.31. The molecule has 2 aliphatic heterocycles. The smallest absolute Gasteiger partial charge is 0.344 e. The van der Waals surface area contributed by atoms with E-state index < -0.39 is 5.97 Å². The van der Waals surface area contributed by atoms with Crippen molar-refractivity contribution in [2.75, 3.05) is 13.2 Å². The van der Waals surface area contributed by atoms with E-state index in [1.807, 2.05) is 0 Å². The summed E-state index contributed by atoms with van der Waals surface area (Å²) in [6, 6.07) is 0. The third-order valence-electron chi connectivity index (χ3n) is 6.22. The van der Waals surface area contributed by atoms with E-state index >= 15 is 0 Å². The molecular formula is C19H30O5. The van der Waals surface area contributed by atoms with Crippen LogP contribution in [0.4, 0.5) is 0 Å². The molecular weight excluding hydrogens is 308 g/mol. The largest absolute Gasteiger partial charge is 0.463 e. The van der Waals surface area contributed by atoms with Crippen molar-refractivity contribution in [3.05, 3.63) is 0 Å². The molecule has 2 saturated heterocycles. The second kappa shape index (κ2) is 7.85. The molecule has 3 aliphatic rings. The van der Waals surface area contributed by atoms with Gasteiger partial charge in [-0.2, -0.15) is 0 Å². The molecule has 1 saturated carbocycles. The lowest BCUT2D eigenvalue weighted by Gasteiger charge is -2.19. The summed E-state index contributed by atoms with van der Waals surface area (Å²) in [5.41, 5.74) is 0. The minimum atomic E-state index is -0.441. The predicted molar refractivity (Wildman–Crippen MR) is 88.2 cm³/mol. The fourth-order valence-corrected chi connectivity index (χ4v) is 4.71. The van der Waals surface area contributed by atoms with E-state index in [1.165, 1.54) is 0 Å². The molecule has 3 fully saturated rings. The van der Waals surface area contributed by atoms with Crippen molar-refractivity contribution in [3.8, 4) is 0 Å². The number of rotatable bonds is 7. The van der Waals surface area contributed by atoms with Crippen molar-refractivity contribution < 1.29 is 23.8 Å². The number of ether oxygens (including phenoxy) is 3. The Morgan fingerprint density at radius 2 is 1.83 bits per heavy atom. The van der Waals surface area contributed by atoms with Crippen LogP contribution in [-0.4, -0.2) is 37.4 Å². The zero-order chi connectivity index (χ0) is 17.1. The van der Waals surface area contributed by atoms with Gasteiger partial charge in [-0.15, -0.1) is 0 Å². The van der Waals surface area contributed by atoms with E-state index in [-0.39, 0.29) is 24.6 Å². The number of hydrogen-bond acceptors (Lipinski definition) is 5. The summed E-state index contributed by atoms with van der Waals surface area (Å²) in [7, 11) is 0. The van der Waals surface area contributed by atoms with E-state index in [9.17, 15) is 9.59 Å². The van der Waals surface area contributed by atoms with E-state index in [0.29, 0.717) is 30.5 Å². The lowest BCUT2D eigenvalue weighted by molar-refractivity contribution is -0.163. The molecule has 6 atom stereocenters. The molecule has 0 amide bonds. The summed E-state index contributed by atoms with van der Waals surface area (Å²) >= 11 is 0. The van der Waals surface area contributed by atoms with Crippen molar-refractivity contribution in [1.82, 2.24) is 0 Å². The molecule has 24 heavy (non-hydrogen) atoms. The molecule has 5 heteroatoms. The van der Waals surface area contributed by atoms with E-state index in [1.54, 1.807) is 0 Å². The van der Waals surface area contributed by atoms with Crippen LogP contribution in [0, 0.1) is 23.7 Å². The molecule has 0 N–H and O–H groups in total. The highest BCUT2D eigenvalue weighted by molar-refractivity contribution is 5.78. The first kappa shape index (κ1) is 17.7. The normalized spacial score (nSPS) is 37.6. The number of esters is 2. The van der Waals surface area contributed by atoms with Crippen LogP contribution in [0.2, 0.25) is 0 Å². The van der Waals surface area contributed by atoms with Gasteiger partial charge in [-0.3, -0.25) is 4.79 Å². The molecule has 136 valence electrons. The maximum atomic E-state index is 12.3. The van der Waals surface area contributed by atoms with Gasteiger partial charge in [0.05, 0.1) is 24.7 Å². The number of carbonyl (C=O) groups is 2. The molecule has 0 aromatic rings. The topological polar surface area (TPSA) is 61.8 Å². The van der Waals surface area contributed by atoms with Gasteiger partial charge >= 0.3 is 11.9 Å². The average molecular weight is 338 g/mol. The van der Waals surface area contributed by atoms with Gasteiger partial charge in [0.25, 0.3) is 0 Å². The quantitative estimate of drug-likeness (QED) is 0.668. The Morgan fingerprint density at radius 1 is 1.00 bits per heavy atom. The fourth-order valence-electron chi connectivity index (χ4n) is 4.71. The highest BCUT2D eigenvalue weighted by atomic mass is 16.6. The Bertz CT molecular complexity index is 463. The Balaban J connectivity index is 1.37. The summed E-state index contributed by atoms with van der Waals surface area (Å²) in [4.78, 5) is 24.2. The van der Waals surface area contributed by atoms with Gasteiger partial charge in [-0.25, -0.2) is 4.79 Å². The summed E-state index contributed by atoms with van der Waals surface area (Å²) < 4.78 is 16.3. The number of carbonyl (C=O) groups excluding carboxylic acids is 2. The number of fused-ring (bicyclic) bond motifs is 2. The summed E-state index contributed by atoms with van der Waals surface area (Å²) in [6.45, 7) is 4.41. The molecule has 0 radical (unpaired) electrons. The summed E-state index contributed by atoms with van der Waals surface area (Å²) in [5.74, 6) is 0.601. The molecule has 2 bridgehead atoms. The molecule has 1 aliphatic carbocycles. The van der Waals surface area contributed by atoms with Gasteiger partial charge < -0.3 is 14.2 Å². The first-order valence-electron chi connectivity index (χ1n) is 9.58. The Kier molecular flexibility index (Phi) is 5.80. The van der Waals surface area contributed by atoms with Gasteiger partial charge in [-0.05, 0) is 43.9 Å². The van der Waals surface area contributed by atoms with Crippen molar-refractivity contribution in [2.24, 2.45) is 23.7 Å². The third-order valence-corrected chi connectivity index (χ3v) is 6.22. The highest BCUT2D eigenvalue weighted by Crippen LogP contribution is 2.40. The fraction of sp³-hybridized carbons (Fsp3) is 0.895. The Morgan fingerprint density at radius 3 is 2.46 bits per heavy atom. The minimum absolute atomic E-state index is 0.0493. The minimum Gasteiger partial charge on any atom is -0.463 e. The molecule has 6 unspecified atom stereocenters. The summed E-state index contributed by atoms with van der Waals surface area (Å²) in [6.07, 6.45) is 7.88. The van der Waals surface area contributed by atoms with Gasteiger partial charge in [0.2, 0.25) is 0 Å². The van der Waals surface area contributed by atoms with E-state index in [0.717, 1.165) is 44.9 Å². The van der Waals surface area contributed by atoms with Crippen LogP contribution in [0.15, 0.2) is 0 Å². The number of hydrogen-bond donors (Lipinski definition) is 0. The van der Waals surface area contributed by atoms with Crippen molar-refractivity contribution in [1.29, 1.82) is 0 Å². The SMILES string of the molecule is CCC1CC(CC)C(C(=O)OCC(=O)OCC2CC3CCC2O3)C1. The monoisotopic (exact) mass is 338 g/mol. The van der Waals surface area contributed by atoms with Crippen LogP contribution >= 0.6 is 0 Å². The standard InChI is InChI=1S/C19H30O5/c1-3-12-7-13(4-2)16(8-12)19(21)23-11-18(20)22-10-14-9-15-5-6-17(14)24-15/h12-17H,3-11H2,1-2H3. The van der Waals surface area contributed by atoms with E-state index in [4.69, 9.17) is 14.2 Å². The molecule has 0 aromatic carbocycles. The van der Waals surface area contributed by atoms with Gasteiger partial charge in [0.1, 0.15) is 0 Å². The lowest BCUT2D eigenvalue weighted by atomic mass is 9.90. The Labute approximate surface area is 144 Å². The molecule has 3 rings (SSSR count).